The van der Waals surface area contributed by atoms with Crippen LogP contribution in [0.25, 0.3) is 0 Å². The molecule has 0 N–H and O–H groups in total. The molecule has 3 heteroatoms. The topological polar surface area (TPSA) is 29.5 Å². The number of fused-ring (bicyclic) bond motifs is 1. The predicted molar refractivity (Wildman–Crippen MR) is 78.4 cm³/mol. The summed E-state index contributed by atoms with van der Waals surface area (Å²) in [5.74, 6) is 0.853. The maximum atomic E-state index is 12.3. The Morgan fingerprint density at radius 1 is 1.35 bits per heavy atom. The summed E-state index contributed by atoms with van der Waals surface area (Å²) in [6.45, 7) is 3.89. The molecule has 3 atom stereocenters. The number of amides is 1. The second kappa shape index (κ2) is 5.96. The highest BCUT2D eigenvalue weighted by atomic mass is 16.5. The molecule has 1 amide bonds. The van der Waals surface area contributed by atoms with Crippen molar-refractivity contribution in [3.05, 3.63) is 35.9 Å². The number of rotatable bonds is 3. The third-order valence-corrected chi connectivity index (χ3v) is 4.53. The molecule has 1 aromatic rings. The first-order valence-electron chi connectivity index (χ1n) is 7.69. The summed E-state index contributed by atoms with van der Waals surface area (Å²) in [7, 11) is 0. The number of hydrogen-bond acceptors (Lipinski definition) is 2. The van der Waals surface area contributed by atoms with Crippen molar-refractivity contribution < 1.29 is 9.53 Å². The summed E-state index contributed by atoms with van der Waals surface area (Å²) in [6.07, 6.45) is 4.33. The van der Waals surface area contributed by atoms with Crippen LogP contribution in [0.2, 0.25) is 0 Å². The van der Waals surface area contributed by atoms with Gasteiger partial charge in [0.2, 0.25) is 5.91 Å². The number of ether oxygens (including phenoxy) is 1. The molecule has 0 bridgehead atoms. The first-order chi connectivity index (χ1) is 9.72. The lowest BCUT2D eigenvalue weighted by Crippen LogP contribution is -2.44. The first kappa shape index (κ1) is 13.6. The number of nitrogens with zero attached hydrogens (tertiary/aromatic N) is 1. The Morgan fingerprint density at radius 2 is 2.15 bits per heavy atom. The molecular formula is C17H23NO2. The number of carbonyl (C=O) groups is 1. The van der Waals surface area contributed by atoms with Crippen molar-refractivity contribution in [2.45, 2.75) is 44.8 Å². The minimum atomic E-state index is 0.298. The summed E-state index contributed by atoms with van der Waals surface area (Å²) in [5, 5.41) is 0. The molecule has 2 saturated heterocycles. The van der Waals surface area contributed by atoms with Gasteiger partial charge in [-0.15, -0.1) is 0 Å². The lowest BCUT2D eigenvalue weighted by Gasteiger charge is -2.34. The fourth-order valence-corrected chi connectivity index (χ4v) is 3.48. The maximum Gasteiger partial charge on any atom is 0.222 e. The van der Waals surface area contributed by atoms with Gasteiger partial charge in [-0.1, -0.05) is 30.3 Å². The average Bonchev–Trinajstić information content (AvgIpc) is 2.85. The third kappa shape index (κ3) is 3.04. The molecular weight excluding hydrogens is 250 g/mol. The lowest BCUT2D eigenvalue weighted by molar-refractivity contribution is -0.134. The molecule has 2 fully saturated rings. The summed E-state index contributed by atoms with van der Waals surface area (Å²) >= 11 is 0. The van der Waals surface area contributed by atoms with Crippen molar-refractivity contribution in [2.75, 3.05) is 13.1 Å². The highest BCUT2D eigenvalue weighted by Gasteiger charge is 2.38. The van der Waals surface area contributed by atoms with Gasteiger partial charge in [0.05, 0.1) is 12.2 Å². The number of aryl methyl sites for hydroxylation is 1. The van der Waals surface area contributed by atoms with Crippen molar-refractivity contribution in [3.63, 3.8) is 0 Å². The van der Waals surface area contributed by atoms with Gasteiger partial charge in [0, 0.05) is 25.4 Å². The van der Waals surface area contributed by atoms with Gasteiger partial charge in [0.1, 0.15) is 0 Å². The molecule has 2 aliphatic heterocycles. The summed E-state index contributed by atoms with van der Waals surface area (Å²) < 4.78 is 5.88. The van der Waals surface area contributed by atoms with Crippen LogP contribution in [-0.2, 0) is 16.0 Å². The van der Waals surface area contributed by atoms with Crippen LogP contribution in [0.4, 0.5) is 0 Å². The monoisotopic (exact) mass is 273 g/mol. The van der Waals surface area contributed by atoms with Gasteiger partial charge in [0.25, 0.3) is 0 Å². The van der Waals surface area contributed by atoms with E-state index in [9.17, 15) is 4.79 Å². The van der Waals surface area contributed by atoms with Crippen molar-refractivity contribution in [1.29, 1.82) is 0 Å². The Balaban J connectivity index is 1.51. The van der Waals surface area contributed by atoms with Crippen LogP contribution in [0.3, 0.4) is 0 Å². The molecule has 0 spiro atoms. The van der Waals surface area contributed by atoms with E-state index in [-0.39, 0.29) is 0 Å². The molecule has 108 valence electrons. The molecule has 2 heterocycles. The van der Waals surface area contributed by atoms with E-state index in [4.69, 9.17) is 4.74 Å². The molecule has 0 saturated carbocycles. The molecule has 0 radical (unpaired) electrons. The van der Waals surface area contributed by atoms with E-state index in [0.29, 0.717) is 30.5 Å². The van der Waals surface area contributed by atoms with Gasteiger partial charge in [-0.3, -0.25) is 4.79 Å². The van der Waals surface area contributed by atoms with Crippen molar-refractivity contribution in [1.82, 2.24) is 4.90 Å². The molecule has 0 aliphatic carbocycles. The van der Waals surface area contributed by atoms with Gasteiger partial charge in [0.15, 0.2) is 0 Å². The molecule has 3 rings (SSSR count). The Kier molecular flexibility index (Phi) is 4.06. The number of piperidine rings is 1. The van der Waals surface area contributed by atoms with Crippen LogP contribution in [0, 0.1) is 5.92 Å². The third-order valence-electron chi connectivity index (χ3n) is 4.53. The van der Waals surface area contributed by atoms with Crippen molar-refractivity contribution >= 4 is 5.91 Å². The predicted octanol–water partition coefficient (Wildman–Crippen LogP) is 2.65. The van der Waals surface area contributed by atoms with Gasteiger partial charge in [-0.05, 0) is 31.7 Å². The van der Waals surface area contributed by atoms with Gasteiger partial charge in [-0.2, -0.15) is 0 Å². The fraction of sp³-hybridized carbons (Fsp3) is 0.588. The molecule has 2 aliphatic rings. The smallest absolute Gasteiger partial charge is 0.222 e. The van der Waals surface area contributed by atoms with E-state index < -0.39 is 0 Å². The second-order valence-corrected chi connectivity index (χ2v) is 6.09. The second-order valence-electron chi connectivity index (χ2n) is 6.09. The molecule has 3 nitrogen and oxygen atoms in total. The minimum Gasteiger partial charge on any atom is -0.375 e. The van der Waals surface area contributed by atoms with Crippen molar-refractivity contribution in [2.24, 2.45) is 5.92 Å². The minimum absolute atomic E-state index is 0.298. The average molecular weight is 273 g/mol. The Bertz CT molecular complexity index is 459. The highest BCUT2D eigenvalue weighted by molar-refractivity contribution is 5.76. The maximum absolute atomic E-state index is 12.3. The zero-order valence-corrected chi connectivity index (χ0v) is 12.1. The Labute approximate surface area is 120 Å². The quantitative estimate of drug-likeness (QED) is 0.847. The number of hydrogen-bond donors (Lipinski definition) is 0. The van der Waals surface area contributed by atoms with Gasteiger partial charge < -0.3 is 9.64 Å². The summed E-state index contributed by atoms with van der Waals surface area (Å²) in [5.41, 5.74) is 1.24. The van der Waals surface area contributed by atoms with E-state index in [2.05, 4.69) is 19.1 Å². The van der Waals surface area contributed by atoms with E-state index >= 15 is 0 Å². The standard InChI is InChI=1S/C17H23NO2/c1-13-11-15-12-18(10-9-16(15)20-13)17(19)8-7-14-5-3-2-4-6-14/h2-6,13,15-16H,7-12H2,1H3/t13-,15-,16-/m1/s1. The normalized spacial score (nSPS) is 29.2. The highest BCUT2D eigenvalue weighted by Crippen LogP contribution is 2.32. The van der Waals surface area contributed by atoms with Gasteiger partial charge >= 0.3 is 0 Å². The number of carbonyl (C=O) groups excluding carboxylic acids is 1. The summed E-state index contributed by atoms with van der Waals surface area (Å²) in [4.78, 5) is 14.4. The first-order valence-corrected chi connectivity index (χ1v) is 7.69. The molecule has 1 aromatic carbocycles. The summed E-state index contributed by atoms with van der Waals surface area (Å²) in [6, 6.07) is 10.3. The van der Waals surface area contributed by atoms with E-state index in [0.717, 1.165) is 32.4 Å². The largest absolute Gasteiger partial charge is 0.375 e. The molecule has 0 aromatic heterocycles. The van der Waals surface area contributed by atoms with Crippen LogP contribution in [-0.4, -0.2) is 36.1 Å². The van der Waals surface area contributed by atoms with E-state index in [1.807, 2.05) is 23.1 Å². The fourth-order valence-electron chi connectivity index (χ4n) is 3.48. The van der Waals surface area contributed by atoms with Crippen LogP contribution in [0.5, 0.6) is 0 Å². The number of benzene rings is 1. The van der Waals surface area contributed by atoms with Crippen LogP contribution < -0.4 is 0 Å². The Hall–Kier alpha value is -1.35. The lowest BCUT2D eigenvalue weighted by atomic mass is 9.93. The van der Waals surface area contributed by atoms with E-state index in [1.54, 1.807) is 0 Å². The zero-order valence-electron chi connectivity index (χ0n) is 12.1. The molecule has 20 heavy (non-hydrogen) atoms. The van der Waals surface area contributed by atoms with E-state index in [1.165, 1.54) is 5.56 Å². The van der Waals surface area contributed by atoms with Crippen LogP contribution in [0.1, 0.15) is 31.7 Å². The SMILES string of the molecule is C[C@@H]1C[C@@H]2CN(C(=O)CCc3ccccc3)CC[C@H]2O1. The zero-order chi connectivity index (χ0) is 13.9. The molecule has 0 unspecified atom stereocenters. The number of likely N-dealkylation sites (tertiary alicyclic amines) is 1. The van der Waals surface area contributed by atoms with Gasteiger partial charge in [-0.25, -0.2) is 0 Å². The Morgan fingerprint density at radius 3 is 2.95 bits per heavy atom. The van der Waals surface area contributed by atoms with Crippen molar-refractivity contribution in [3.8, 4) is 0 Å². The van der Waals surface area contributed by atoms with Crippen LogP contribution in [0.15, 0.2) is 30.3 Å². The van der Waals surface area contributed by atoms with Crippen LogP contribution >= 0.6 is 0 Å².